The van der Waals surface area contributed by atoms with Crippen molar-refractivity contribution in [2.75, 3.05) is 25.2 Å². The molecule has 0 heterocycles. The van der Waals surface area contributed by atoms with Crippen molar-refractivity contribution in [1.82, 2.24) is 0 Å². The lowest BCUT2D eigenvalue weighted by Crippen LogP contribution is -2.01. The second kappa shape index (κ2) is 5.56. The Morgan fingerprint density at radius 2 is 1.72 bits per heavy atom. The van der Waals surface area contributed by atoms with E-state index in [2.05, 4.69) is 0 Å². The average Bonchev–Trinajstić information content (AvgIpc) is 2.39. The highest BCUT2D eigenvalue weighted by molar-refractivity contribution is 5.79. The Balaban J connectivity index is 2.36. The van der Waals surface area contributed by atoms with Crippen LogP contribution in [0.2, 0.25) is 0 Å². The second-order valence-electron chi connectivity index (χ2n) is 4.24. The molecule has 3 nitrogen and oxygen atoms in total. The van der Waals surface area contributed by atoms with E-state index >= 15 is 0 Å². The Hall–Kier alpha value is -2.00. The molecule has 0 atom stereocenters. The van der Waals surface area contributed by atoms with Gasteiger partial charge in [-0.05, 0) is 29.7 Å². The molecule has 94 valence electrons. The summed E-state index contributed by atoms with van der Waals surface area (Å²) in [6.45, 7) is 0.676. The van der Waals surface area contributed by atoms with Crippen LogP contribution in [0.25, 0.3) is 11.1 Å². The predicted octanol–water partition coefficient (Wildman–Crippen LogP) is 2.71. The fourth-order valence-corrected chi connectivity index (χ4v) is 1.96. The number of hydrogen-bond acceptors (Lipinski definition) is 3. The number of nitrogens with two attached hydrogens (primary N) is 2. The van der Waals surface area contributed by atoms with E-state index in [0.717, 1.165) is 34.5 Å². The maximum atomic E-state index is 6.21. The molecule has 0 aliphatic heterocycles. The van der Waals surface area contributed by atoms with Crippen LogP contribution in [0.4, 0.5) is 11.4 Å². The molecule has 0 amide bonds. The van der Waals surface area contributed by atoms with Gasteiger partial charge in [-0.25, -0.2) is 0 Å². The molecule has 0 bridgehead atoms. The minimum Gasteiger partial charge on any atom is -0.399 e. The lowest BCUT2D eigenvalue weighted by Gasteiger charge is -2.11. The van der Waals surface area contributed by atoms with Crippen LogP contribution in [0.3, 0.4) is 0 Å². The maximum absolute atomic E-state index is 6.21. The van der Waals surface area contributed by atoms with E-state index in [0.29, 0.717) is 6.61 Å². The minimum absolute atomic E-state index is 0.676. The first-order chi connectivity index (χ1) is 8.72. The van der Waals surface area contributed by atoms with E-state index < -0.39 is 0 Å². The van der Waals surface area contributed by atoms with Crippen LogP contribution in [0.15, 0.2) is 42.5 Å². The maximum Gasteiger partial charge on any atom is 0.0503 e. The van der Waals surface area contributed by atoms with Gasteiger partial charge >= 0.3 is 0 Å². The van der Waals surface area contributed by atoms with Gasteiger partial charge in [0.05, 0.1) is 6.61 Å². The van der Waals surface area contributed by atoms with E-state index in [1.165, 1.54) is 0 Å². The summed E-state index contributed by atoms with van der Waals surface area (Å²) in [4.78, 5) is 0. The van der Waals surface area contributed by atoms with Crippen molar-refractivity contribution in [2.45, 2.75) is 6.42 Å². The Kier molecular flexibility index (Phi) is 3.85. The van der Waals surface area contributed by atoms with Gasteiger partial charge in [-0.15, -0.1) is 0 Å². The topological polar surface area (TPSA) is 61.3 Å². The number of para-hydroxylation sites is 1. The summed E-state index contributed by atoms with van der Waals surface area (Å²) < 4.78 is 5.09. The smallest absolute Gasteiger partial charge is 0.0503 e. The standard InChI is InChI=1S/C15H18N2O/c1-18-10-9-12-3-2-4-14(15(12)17)11-5-7-13(16)8-6-11/h2-8H,9-10,16-17H2,1H3. The third-order valence-corrected chi connectivity index (χ3v) is 2.99. The highest BCUT2D eigenvalue weighted by Crippen LogP contribution is 2.29. The van der Waals surface area contributed by atoms with Gasteiger partial charge in [0, 0.05) is 24.0 Å². The summed E-state index contributed by atoms with van der Waals surface area (Å²) >= 11 is 0. The zero-order valence-corrected chi connectivity index (χ0v) is 10.5. The molecule has 0 aliphatic carbocycles. The Bertz CT molecular complexity index is 521. The van der Waals surface area contributed by atoms with Crippen LogP contribution in [0.5, 0.6) is 0 Å². The Morgan fingerprint density at radius 3 is 2.39 bits per heavy atom. The van der Waals surface area contributed by atoms with Crippen LogP contribution in [-0.4, -0.2) is 13.7 Å². The van der Waals surface area contributed by atoms with Gasteiger partial charge in [0.1, 0.15) is 0 Å². The minimum atomic E-state index is 0.676. The zero-order chi connectivity index (χ0) is 13.0. The van der Waals surface area contributed by atoms with Gasteiger partial charge < -0.3 is 16.2 Å². The van der Waals surface area contributed by atoms with Crippen molar-refractivity contribution >= 4 is 11.4 Å². The Morgan fingerprint density at radius 1 is 1.00 bits per heavy atom. The number of rotatable bonds is 4. The first kappa shape index (κ1) is 12.5. The molecule has 2 aromatic carbocycles. The molecule has 0 aliphatic rings. The number of hydrogen-bond donors (Lipinski definition) is 2. The largest absolute Gasteiger partial charge is 0.399 e. The van der Waals surface area contributed by atoms with E-state index in [4.69, 9.17) is 16.2 Å². The molecule has 4 N–H and O–H groups in total. The Labute approximate surface area is 107 Å². The second-order valence-corrected chi connectivity index (χ2v) is 4.24. The van der Waals surface area contributed by atoms with Gasteiger partial charge in [0.2, 0.25) is 0 Å². The van der Waals surface area contributed by atoms with Gasteiger partial charge in [0.25, 0.3) is 0 Å². The van der Waals surface area contributed by atoms with Crippen molar-refractivity contribution < 1.29 is 4.74 Å². The highest BCUT2D eigenvalue weighted by atomic mass is 16.5. The first-order valence-electron chi connectivity index (χ1n) is 5.94. The van der Waals surface area contributed by atoms with Gasteiger partial charge in [-0.2, -0.15) is 0 Å². The first-order valence-corrected chi connectivity index (χ1v) is 5.94. The molecular formula is C15H18N2O. The van der Waals surface area contributed by atoms with Crippen molar-refractivity contribution in [3.63, 3.8) is 0 Å². The number of benzene rings is 2. The summed E-state index contributed by atoms with van der Waals surface area (Å²) in [7, 11) is 1.69. The quantitative estimate of drug-likeness (QED) is 0.810. The monoisotopic (exact) mass is 242 g/mol. The molecule has 0 fully saturated rings. The molecular weight excluding hydrogens is 224 g/mol. The van der Waals surface area contributed by atoms with Crippen LogP contribution in [-0.2, 0) is 11.2 Å². The SMILES string of the molecule is COCCc1cccc(-c2ccc(N)cc2)c1N. The molecule has 3 heteroatoms. The van der Waals surface area contributed by atoms with Crippen LogP contribution >= 0.6 is 0 Å². The summed E-state index contributed by atoms with van der Waals surface area (Å²) in [5.41, 5.74) is 16.7. The molecule has 0 spiro atoms. The molecule has 2 aromatic rings. The lowest BCUT2D eigenvalue weighted by atomic mass is 9.99. The molecule has 18 heavy (non-hydrogen) atoms. The predicted molar refractivity (Wildman–Crippen MR) is 76.3 cm³/mol. The third kappa shape index (κ3) is 2.63. The number of nitrogen functional groups attached to an aromatic ring is 2. The molecule has 2 rings (SSSR count). The zero-order valence-electron chi connectivity index (χ0n) is 10.5. The molecule has 0 radical (unpaired) electrons. The average molecular weight is 242 g/mol. The van der Waals surface area contributed by atoms with E-state index in [1.807, 2.05) is 42.5 Å². The highest BCUT2D eigenvalue weighted by Gasteiger charge is 2.06. The number of ether oxygens (including phenoxy) is 1. The van der Waals surface area contributed by atoms with Crippen molar-refractivity contribution in [3.05, 3.63) is 48.0 Å². The number of methoxy groups -OCH3 is 1. The third-order valence-electron chi connectivity index (χ3n) is 2.99. The lowest BCUT2D eigenvalue weighted by molar-refractivity contribution is 0.202. The molecule has 0 unspecified atom stereocenters. The van der Waals surface area contributed by atoms with Crippen LogP contribution < -0.4 is 11.5 Å². The normalized spacial score (nSPS) is 10.5. The fraction of sp³-hybridized carbons (Fsp3) is 0.200. The summed E-state index contributed by atoms with van der Waals surface area (Å²) in [5, 5.41) is 0. The van der Waals surface area contributed by atoms with Crippen molar-refractivity contribution in [3.8, 4) is 11.1 Å². The molecule has 0 aromatic heterocycles. The van der Waals surface area contributed by atoms with E-state index in [9.17, 15) is 0 Å². The molecule has 0 saturated carbocycles. The van der Waals surface area contributed by atoms with Crippen LogP contribution in [0.1, 0.15) is 5.56 Å². The van der Waals surface area contributed by atoms with Crippen molar-refractivity contribution in [1.29, 1.82) is 0 Å². The summed E-state index contributed by atoms with van der Waals surface area (Å²) in [6.07, 6.45) is 0.825. The summed E-state index contributed by atoms with van der Waals surface area (Å²) in [6, 6.07) is 13.8. The number of anilines is 2. The fourth-order valence-electron chi connectivity index (χ4n) is 1.96. The molecule has 0 saturated heterocycles. The van der Waals surface area contributed by atoms with Gasteiger partial charge in [-0.3, -0.25) is 0 Å². The van der Waals surface area contributed by atoms with Crippen LogP contribution in [0, 0.1) is 0 Å². The van der Waals surface area contributed by atoms with Crippen molar-refractivity contribution in [2.24, 2.45) is 0 Å². The van der Waals surface area contributed by atoms with Gasteiger partial charge in [-0.1, -0.05) is 30.3 Å². The van der Waals surface area contributed by atoms with E-state index in [-0.39, 0.29) is 0 Å². The van der Waals surface area contributed by atoms with E-state index in [1.54, 1.807) is 7.11 Å². The summed E-state index contributed by atoms with van der Waals surface area (Å²) in [5.74, 6) is 0. The van der Waals surface area contributed by atoms with Gasteiger partial charge in [0.15, 0.2) is 0 Å².